The highest BCUT2D eigenvalue weighted by Crippen LogP contribution is 2.35. The molecule has 2 fully saturated rings. The SMILES string of the molecule is CCC(C)C1CNC2(CCCC2)CN1Cc1ccn(C)n1. The number of aromatic nitrogens is 2. The van der Waals surface area contributed by atoms with Crippen LogP contribution in [-0.4, -0.2) is 39.4 Å². The lowest BCUT2D eigenvalue weighted by Crippen LogP contribution is -2.64. The largest absolute Gasteiger partial charge is 0.308 e. The summed E-state index contributed by atoms with van der Waals surface area (Å²) in [6.45, 7) is 8.04. The van der Waals surface area contributed by atoms with Crippen molar-refractivity contribution < 1.29 is 0 Å². The molecule has 1 N–H and O–H groups in total. The Morgan fingerprint density at radius 1 is 1.43 bits per heavy atom. The summed E-state index contributed by atoms with van der Waals surface area (Å²) < 4.78 is 1.92. The Labute approximate surface area is 128 Å². The molecular formula is C17H30N4. The molecule has 0 aromatic carbocycles. The molecule has 2 unspecified atom stereocenters. The third-order valence-corrected chi connectivity index (χ3v) is 5.66. The summed E-state index contributed by atoms with van der Waals surface area (Å²) in [4.78, 5) is 2.71. The summed E-state index contributed by atoms with van der Waals surface area (Å²) in [6.07, 6.45) is 8.77. The molecule has 118 valence electrons. The molecule has 0 bridgehead atoms. The van der Waals surface area contributed by atoms with Crippen LogP contribution >= 0.6 is 0 Å². The second kappa shape index (κ2) is 6.09. The number of nitrogens with zero attached hydrogens (tertiary/aromatic N) is 3. The molecule has 2 aliphatic rings. The zero-order valence-electron chi connectivity index (χ0n) is 13.8. The summed E-state index contributed by atoms with van der Waals surface area (Å²) in [5.74, 6) is 0.736. The minimum absolute atomic E-state index is 0.388. The fourth-order valence-electron chi connectivity index (χ4n) is 4.16. The van der Waals surface area contributed by atoms with E-state index in [0.717, 1.165) is 19.0 Å². The zero-order valence-corrected chi connectivity index (χ0v) is 13.8. The number of nitrogens with one attached hydrogen (secondary N) is 1. The molecule has 1 spiro atoms. The van der Waals surface area contributed by atoms with Crippen molar-refractivity contribution in [2.45, 2.75) is 64.1 Å². The van der Waals surface area contributed by atoms with Crippen LogP contribution in [-0.2, 0) is 13.6 Å². The molecule has 0 amide bonds. The molecule has 1 saturated carbocycles. The van der Waals surface area contributed by atoms with E-state index in [9.17, 15) is 0 Å². The number of hydrogen-bond acceptors (Lipinski definition) is 3. The zero-order chi connectivity index (χ0) is 14.9. The summed E-state index contributed by atoms with van der Waals surface area (Å²) in [6, 6.07) is 2.81. The molecule has 2 heterocycles. The van der Waals surface area contributed by atoms with E-state index in [1.165, 1.54) is 44.3 Å². The van der Waals surface area contributed by atoms with Crippen LogP contribution in [0.3, 0.4) is 0 Å². The lowest BCUT2D eigenvalue weighted by molar-refractivity contribution is 0.0446. The standard InChI is InChI=1S/C17H30N4/c1-4-14(2)16-11-18-17(8-5-6-9-17)13-21(16)12-15-7-10-20(3)19-15/h7,10,14,16,18H,4-6,8-9,11-13H2,1-3H3. The number of piperazine rings is 1. The number of aryl methyl sites for hydroxylation is 1. The van der Waals surface area contributed by atoms with E-state index < -0.39 is 0 Å². The van der Waals surface area contributed by atoms with Gasteiger partial charge in [0.2, 0.25) is 0 Å². The van der Waals surface area contributed by atoms with E-state index >= 15 is 0 Å². The van der Waals surface area contributed by atoms with E-state index in [-0.39, 0.29) is 0 Å². The maximum atomic E-state index is 4.59. The summed E-state index contributed by atoms with van der Waals surface area (Å²) in [7, 11) is 2.01. The van der Waals surface area contributed by atoms with Crippen molar-refractivity contribution >= 4 is 0 Å². The minimum Gasteiger partial charge on any atom is -0.308 e. The number of rotatable bonds is 4. The smallest absolute Gasteiger partial charge is 0.0764 e. The molecule has 1 aliphatic carbocycles. The Bertz CT molecular complexity index is 461. The summed E-state index contributed by atoms with van der Waals surface area (Å²) in [5, 5.41) is 8.51. The van der Waals surface area contributed by atoms with E-state index in [4.69, 9.17) is 0 Å². The van der Waals surface area contributed by atoms with Gasteiger partial charge in [-0.05, 0) is 24.8 Å². The van der Waals surface area contributed by atoms with Gasteiger partial charge in [-0.25, -0.2) is 0 Å². The lowest BCUT2D eigenvalue weighted by Gasteiger charge is -2.48. The average Bonchev–Trinajstić information content (AvgIpc) is 3.08. The van der Waals surface area contributed by atoms with E-state index in [2.05, 4.69) is 41.4 Å². The molecule has 0 radical (unpaired) electrons. The molecule has 3 rings (SSSR count). The topological polar surface area (TPSA) is 33.1 Å². The van der Waals surface area contributed by atoms with Crippen LogP contribution in [0.15, 0.2) is 12.3 Å². The van der Waals surface area contributed by atoms with E-state index in [0.29, 0.717) is 11.6 Å². The van der Waals surface area contributed by atoms with Crippen LogP contribution in [0.25, 0.3) is 0 Å². The third kappa shape index (κ3) is 3.16. The van der Waals surface area contributed by atoms with Crippen molar-refractivity contribution in [2.24, 2.45) is 13.0 Å². The lowest BCUT2D eigenvalue weighted by atomic mass is 9.87. The fourth-order valence-corrected chi connectivity index (χ4v) is 4.16. The van der Waals surface area contributed by atoms with E-state index in [1.807, 2.05) is 11.7 Å². The Hall–Kier alpha value is -0.870. The molecule has 1 aliphatic heterocycles. The predicted molar refractivity (Wildman–Crippen MR) is 86.1 cm³/mol. The quantitative estimate of drug-likeness (QED) is 0.925. The molecule has 1 aromatic rings. The Kier molecular flexibility index (Phi) is 4.36. The van der Waals surface area contributed by atoms with Crippen LogP contribution in [0.4, 0.5) is 0 Å². The van der Waals surface area contributed by atoms with Crippen LogP contribution in [0.1, 0.15) is 51.6 Å². The highest BCUT2D eigenvalue weighted by atomic mass is 15.3. The van der Waals surface area contributed by atoms with Gasteiger partial charge in [0.1, 0.15) is 0 Å². The Morgan fingerprint density at radius 3 is 2.81 bits per heavy atom. The first-order valence-electron chi connectivity index (χ1n) is 8.59. The maximum absolute atomic E-state index is 4.59. The molecule has 1 saturated heterocycles. The van der Waals surface area contributed by atoms with Gasteiger partial charge in [0.15, 0.2) is 0 Å². The van der Waals surface area contributed by atoms with E-state index in [1.54, 1.807) is 0 Å². The average molecular weight is 290 g/mol. The monoisotopic (exact) mass is 290 g/mol. The van der Waals surface area contributed by atoms with Gasteiger partial charge in [-0.3, -0.25) is 9.58 Å². The molecule has 2 atom stereocenters. The van der Waals surface area contributed by atoms with Crippen molar-refractivity contribution in [3.63, 3.8) is 0 Å². The first-order valence-corrected chi connectivity index (χ1v) is 8.59. The van der Waals surface area contributed by atoms with Gasteiger partial charge in [-0.1, -0.05) is 33.1 Å². The van der Waals surface area contributed by atoms with Gasteiger partial charge in [0.05, 0.1) is 5.69 Å². The molecule has 4 heteroatoms. The van der Waals surface area contributed by atoms with Gasteiger partial charge < -0.3 is 5.32 Å². The maximum Gasteiger partial charge on any atom is 0.0764 e. The first-order chi connectivity index (χ1) is 10.1. The predicted octanol–water partition coefficient (Wildman–Crippen LogP) is 2.55. The third-order valence-electron chi connectivity index (χ3n) is 5.66. The van der Waals surface area contributed by atoms with Gasteiger partial charge in [-0.2, -0.15) is 5.10 Å². The van der Waals surface area contributed by atoms with Crippen LogP contribution in [0, 0.1) is 5.92 Å². The molecule has 1 aromatic heterocycles. The van der Waals surface area contributed by atoms with Crippen molar-refractivity contribution in [1.29, 1.82) is 0 Å². The van der Waals surface area contributed by atoms with Crippen LogP contribution < -0.4 is 5.32 Å². The Balaban J connectivity index is 1.75. The Morgan fingerprint density at radius 2 is 2.19 bits per heavy atom. The number of hydrogen-bond donors (Lipinski definition) is 1. The van der Waals surface area contributed by atoms with Crippen molar-refractivity contribution in [3.05, 3.63) is 18.0 Å². The minimum atomic E-state index is 0.388. The molecule has 4 nitrogen and oxygen atoms in total. The first kappa shape index (κ1) is 15.0. The van der Waals surface area contributed by atoms with Crippen molar-refractivity contribution in [1.82, 2.24) is 20.0 Å². The van der Waals surface area contributed by atoms with Gasteiger partial charge >= 0.3 is 0 Å². The second-order valence-electron chi connectivity index (χ2n) is 7.21. The fraction of sp³-hybridized carbons (Fsp3) is 0.824. The van der Waals surface area contributed by atoms with Crippen LogP contribution in [0.5, 0.6) is 0 Å². The van der Waals surface area contributed by atoms with Crippen molar-refractivity contribution in [3.8, 4) is 0 Å². The molecular weight excluding hydrogens is 260 g/mol. The second-order valence-corrected chi connectivity index (χ2v) is 7.21. The summed E-state index contributed by atoms with van der Waals surface area (Å²) in [5.41, 5.74) is 1.60. The molecule has 21 heavy (non-hydrogen) atoms. The van der Waals surface area contributed by atoms with Gasteiger partial charge in [0, 0.05) is 44.5 Å². The highest BCUT2D eigenvalue weighted by Gasteiger charge is 2.42. The van der Waals surface area contributed by atoms with Gasteiger partial charge in [0.25, 0.3) is 0 Å². The van der Waals surface area contributed by atoms with Crippen molar-refractivity contribution in [2.75, 3.05) is 13.1 Å². The highest BCUT2D eigenvalue weighted by molar-refractivity contribution is 5.05. The summed E-state index contributed by atoms with van der Waals surface area (Å²) >= 11 is 0. The van der Waals surface area contributed by atoms with Crippen LogP contribution in [0.2, 0.25) is 0 Å². The normalized spacial score (nSPS) is 27.3. The van der Waals surface area contributed by atoms with Gasteiger partial charge in [-0.15, -0.1) is 0 Å².